The summed E-state index contributed by atoms with van der Waals surface area (Å²) in [5.41, 5.74) is 0.679. The zero-order valence-electron chi connectivity index (χ0n) is 15.0. The summed E-state index contributed by atoms with van der Waals surface area (Å²) in [5, 5.41) is 3.03. The molecule has 144 valence electrons. The Morgan fingerprint density at radius 3 is 2.67 bits per heavy atom. The quantitative estimate of drug-likeness (QED) is 0.862. The lowest BCUT2D eigenvalue weighted by Crippen LogP contribution is -2.46. The molecule has 2 aliphatic heterocycles. The molecule has 7 heteroatoms. The van der Waals surface area contributed by atoms with Gasteiger partial charge < -0.3 is 10.1 Å². The third kappa shape index (κ3) is 2.70. The van der Waals surface area contributed by atoms with E-state index in [4.69, 9.17) is 4.74 Å². The molecule has 27 heavy (non-hydrogen) atoms. The summed E-state index contributed by atoms with van der Waals surface area (Å²) in [7, 11) is 1.77. The number of hydrogen-bond acceptors (Lipinski definition) is 3. The number of carbonyl (C=O) groups excluding carboxylic acids is 1. The van der Waals surface area contributed by atoms with Gasteiger partial charge in [-0.15, -0.1) is 12.4 Å². The van der Waals surface area contributed by atoms with E-state index >= 15 is 0 Å². The average Bonchev–Trinajstić information content (AvgIpc) is 3.11. The summed E-state index contributed by atoms with van der Waals surface area (Å²) in [4.78, 5) is 14.8. The van der Waals surface area contributed by atoms with E-state index in [0.29, 0.717) is 23.4 Å². The van der Waals surface area contributed by atoms with E-state index in [1.807, 2.05) is 12.1 Å². The van der Waals surface area contributed by atoms with E-state index in [0.717, 1.165) is 0 Å². The Morgan fingerprint density at radius 2 is 1.96 bits per heavy atom. The minimum atomic E-state index is -1.24. The highest BCUT2D eigenvalue weighted by Crippen LogP contribution is 2.50. The van der Waals surface area contributed by atoms with Crippen LogP contribution in [0.15, 0.2) is 42.5 Å². The number of nitrogens with zero attached hydrogens (tertiary/aromatic N) is 1. The van der Waals surface area contributed by atoms with Crippen LogP contribution in [0.25, 0.3) is 0 Å². The summed E-state index contributed by atoms with van der Waals surface area (Å²) >= 11 is 0. The van der Waals surface area contributed by atoms with E-state index in [1.165, 1.54) is 6.07 Å². The van der Waals surface area contributed by atoms with E-state index < -0.39 is 30.1 Å². The molecule has 0 spiro atoms. The molecule has 2 heterocycles. The van der Waals surface area contributed by atoms with Crippen LogP contribution in [0.2, 0.25) is 0 Å². The molecule has 2 aromatic carbocycles. The number of carbonyl (C=O) groups is 1. The van der Waals surface area contributed by atoms with Gasteiger partial charge in [0, 0.05) is 17.8 Å². The lowest BCUT2D eigenvalue weighted by molar-refractivity contribution is -0.124. The van der Waals surface area contributed by atoms with Crippen molar-refractivity contribution in [3.63, 3.8) is 0 Å². The Hall–Kier alpha value is -2.18. The third-order valence-electron chi connectivity index (χ3n) is 5.34. The molecule has 0 fully saturated rings. The van der Waals surface area contributed by atoms with Crippen LogP contribution in [0.4, 0.5) is 14.5 Å². The van der Waals surface area contributed by atoms with Gasteiger partial charge in [-0.05, 0) is 31.7 Å². The average molecular weight is 395 g/mol. The van der Waals surface area contributed by atoms with Gasteiger partial charge in [-0.2, -0.15) is 0 Å². The normalized spacial score (nSPS) is 25.6. The molecule has 0 saturated heterocycles. The Kier molecular flexibility index (Phi) is 5.14. The lowest BCUT2D eigenvalue weighted by Gasteiger charge is -2.30. The Balaban J connectivity index is 0.00000210. The maximum absolute atomic E-state index is 14.3. The Morgan fingerprint density at radius 1 is 1.22 bits per heavy atom. The first-order chi connectivity index (χ1) is 12.5. The number of ether oxygens (including phenoxy) is 1. The summed E-state index contributed by atoms with van der Waals surface area (Å²) in [6.45, 7) is 1.25. The lowest BCUT2D eigenvalue weighted by atomic mass is 9.85. The van der Waals surface area contributed by atoms with Gasteiger partial charge in [-0.25, -0.2) is 8.78 Å². The number of fused-ring (bicyclic) bond motifs is 2. The molecule has 1 unspecified atom stereocenters. The fourth-order valence-corrected chi connectivity index (χ4v) is 4.00. The molecule has 1 amide bonds. The standard InChI is InChI=1S/C20H20F2N2O2.ClH/c1-20(11-21)13-7-3-4-9-15(13)24(19(20)25)17-12-6-5-8-14(22)18(12)26-16(17)10-23-2;/h3-9,16-17,23H,10-11H2,1-2H3;1H/t16-,17+,20?;/m0./s1. The maximum Gasteiger partial charge on any atom is 0.240 e. The molecule has 4 rings (SSSR count). The van der Waals surface area contributed by atoms with Crippen molar-refractivity contribution in [3.05, 3.63) is 59.4 Å². The van der Waals surface area contributed by atoms with Gasteiger partial charge >= 0.3 is 0 Å². The molecule has 0 bridgehead atoms. The number of rotatable bonds is 4. The highest BCUT2D eigenvalue weighted by molar-refractivity contribution is 6.08. The van der Waals surface area contributed by atoms with Crippen molar-refractivity contribution in [3.8, 4) is 5.75 Å². The molecule has 0 radical (unpaired) electrons. The number of nitrogens with one attached hydrogen (secondary N) is 1. The molecule has 2 aromatic rings. The highest BCUT2D eigenvalue weighted by atomic mass is 35.5. The first-order valence-electron chi connectivity index (χ1n) is 8.61. The fraction of sp³-hybridized carbons (Fsp3) is 0.350. The van der Waals surface area contributed by atoms with Gasteiger partial charge in [-0.3, -0.25) is 9.69 Å². The minimum Gasteiger partial charge on any atom is -0.483 e. The van der Waals surface area contributed by atoms with Crippen LogP contribution in [0, 0.1) is 5.82 Å². The molecular weight excluding hydrogens is 374 g/mol. The number of amides is 1. The number of anilines is 1. The van der Waals surface area contributed by atoms with Gasteiger partial charge in [0.15, 0.2) is 11.6 Å². The van der Waals surface area contributed by atoms with E-state index in [-0.39, 0.29) is 24.1 Å². The Bertz CT molecular complexity index is 879. The van der Waals surface area contributed by atoms with Crippen molar-refractivity contribution in [2.24, 2.45) is 0 Å². The minimum absolute atomic E-state index is 0. The van der Waals surface area contributed by atoms with Crippen LogP contribution >= 0.6 is 12.4 Å². The summed E-state index contributed by atoms with van der Waals surface area (Å²) in [5.74, 6) is -0.621. The van der Waals surface area contributed by atoms with Crippen molar-refractivity contribution >= 4 is 24.0 Å². The number of likely N-dealkylation sites (N-methyl/N-ethyl adjacent to an activating group) is 1. The molecule has 3 atom stereocenters. The second kappa shape index (κ2) is 7.09. The third-order valence-corrected chi connectivity index (χ3v) is 5.34. The monoisotopic (exact) mass is 394 g/mol. The van der Waals surface area contributed by atoms with Gasteiger partial charge in [0.2, 0.25) is 5.91 Å². The van der Waals surface area contributed by atoms with Crippen LogP contribution in [-0.2, 0) is 10.2 Å². The summed E-state index contributed by atoms with van der Waals surface area (Å²) < 4.78 is 34.0. The van der Waals surface area contributed by atoms with Crippen LogP contribution in [0.1, 0.15) is 24.1 Å². The smallest absolute Gasteiger partial charge is 0.240 e. The predicted molar refractivity (Wildman–Crippen MR) is 102 cm³/mol. The first kappa shape index (κ1) is 19.6. The van der Waals surface area contributed by atoms with Crippen LogP contribution in [0.5, 0.6) is 5.75 Å². The molecule has 0 saturated carbocycles. The zero-order valence-corrected chi connectivity index (χ0v) is 15.9. The van der Waals surface area contributed by atoms with Crippen LogP contribution in [-0.4, -0.2) is 32.3 Å². The van der Waals surface area contributed by atoms with Crippen molar-refractivity contribution in [2.75, 3.05) is 25.2 Å². The topological polar surface area (TPSA) is 41.6 Å². The van der Waals surface area contributed by atoms with E-state index in [9.17, 15) is 13.6 Å². The van der Waals surface area contributed by atoms with Gasteiger partial charge in [0.25, 0.3) is 0 Å². The number of benzene rings is 2. The number of para-hydroxylation sites is 2. The second-order valence-corrected chi connectivity index (χ2v) is 6.98. The largest absolute Gasteiger partial charge is 0.483 e. The predicted octanol–water partition coefficient (Wildman–Crippen LogP) is 3.54. The number of alkyl halides is 1. The van der Waals surface area contributed by atoms with Crippen LogP contribution < -0.4 is 15.0 Å². The van der Waals surface area contributed by atoms with Gasteiger partial charge in [-0.1, -0.05) is 30.3 Å². The second-order valence-electron chi connectivity index (χ2n) is 6.98. The highest BCUT2D eigenvalue weighted by Gasteiger charge is 2.53. The summed E-state index contributed by atoms with van der Waals surface area (Å²) in [6.07, 6.45) is -0.467. The first-order valence-corrected chi connectivity index (χ1v) is 8.61. The van der Waals surface area contributed by atoms with E-state index in [1.54, 1.807) is 43.1 Å². The maximum atomic E-state index is 14.3. The van der Waals surface area contributed by atoms with Crippen molar-refractivity contribution in [2.45, 2.75) is 24.5 Å². The van der Waals surface area contributed by atoms with Gasteiger partial charge in [0.1, 0.15) is 24.2 Å². The summed E-state index contributed by atoms with van der Waals surface area (Å²) in [6, 6.07) is 11.4. The van der Waals surface area contributed by atoms with E-state index in [2.05, 4.69) is 5.32 Å². The Labute approximate surface area is 162 Å². The SMILES string of the molecule is CNC[C@@H]1Oc2c(F)cccc2[C@H]1N1C(=O)C(C)(CF)c2ccccc21.Cl. The number of hydrogen-bond donors (Lipinski definition) is 1. The molecule has 1 N–H and O–H groups in total. The molecule has 4 nitrogen and oxygen atoms in total. The van der Waals surface area contributed by atoms with Crippen LogP contribution in [0.3, 0.4) is 0 Å². The number of halogens is 3. The molecule has 2 aliphatic rings. The molecule has 0 aromatic heterocycles. The zero-order chi connectivity index (χ0) is 18.5. The van der Waals surface area contributed by atoms with Crippen molar-refractivity contribution in [1.82, 2.24) is 5.32 Å². The molecule has 0 aliphatic carbocycles. The van der Waals surface area contributed by atoms with Crippen molar-refractivity contribution < 1.29 is 18.3 Å². The fourth-order valence-electron chi connectivity index (χ4n) is 4.00. The van der Waals surface area contributed by atoms with Gasteiger partial charge in [0.05, 0.1) is 0 Å². The van der Waals surface area contributed by atoms with Crippen molar-refractivity contribution in [1.29, 1.82) is 0 Å². The molecular formula is C20H21ClF2N2O2.